The molecule has 2 aromatic carbocycles. The van der Waals surface area contributed by atoms with Crippen LogP contribution >= 0.6 is 0 Å². The van der Waals surface area contributed by atoms with Crippen LogP contribution in [0.25, 0.3) is 11.0 Å². The van der Waals surface area contributed by atoms with E-state index in [1.54, 1.807) is 17.0 Å². The van der Waals surface area contributed by atoms with Crippen molar-refractivity contribution in [3.8, 4) is 5.75 Å². The van der Waals surface area contributed by atoms with Crippen LogP contribution in [0.1, 0.15) is 0 Å². The van der Waals surface area contributed by atoms with Crippen LogP contribution in [0.4, 0.5) is 14.5 Å². The molecule has 0 unspecified atom stereocenters. The number of rotatable bonds is 5. The fraction of sp³-hybridized carbons (Fsp3) is 0.125. The first-order valence-corrected chi connectivity index (χ1v) is 6.86. The Labute approximate surface area is 130 Å². The maximum atomic E-state index is 12.2. The van der Waals surface area contributed by atoms with E-state index in [1.807, 2.05) is 24.3 Å². The molecule has 23 heavy (non-hydrogen) atoms. The van der Waals surface area contributed by atoms with Gasteiger partial charge in [0.2, 0.25) is 5.91 Å². The minimum Gasteiger partial charge on any atom is -0.435 e. The predicted molar refractivity (Wildman–Crippen MR) is 81.4 cm³/mol. The number of anilines is 1. The average Bonchev–Trinajstić information content (AvgIpc) is 2.90. The van der Waals surface area contributed by atoms with Gasteiger partial charge >= 0.3 is 6.61 Å². The van der Waals surface area contributed by atoms with Crippen LogP contribution in [0.5, 0.6) is 5.75 Å². The van der Waals surface area contributed by atoms with Crippen LogP contribution in [-0.2, 0) is 11.3 Å². The first kappa shape index (κ1) is 15.0. The summed E-state index contributed by atoms with van der Waals surface area (Å²) in [7, 11) is 0. The van der Waals surface area contributed by atoms with E-state index in [1.165, 1.54) is 18.2 Å². The first-order chi connectivity index (χ1) is 11.1. The number of fused-ring (bicyclic) bond motifs is 1. The maximum Gasteiger partial charge on any atom is 0.387 e. The second kappa shape index (κ2) is 6.43. The Hall–Kier alpha value is -2.96. The lowest BCUT2D eigenvalue weighted by atomic mass is 10.3. The largest absolute Gasteiger partial charge is 0.435 e. The average molecular weight is 317 g/mol. The van der Waals surface area contributed by atoms with Gasteiger partial charge in [-0.2, -0.15) is 8.78 Å². The van der Waals surface area contributed by atoms with Crippen LogP contribution < -0.4 is 10.1 Å². The molecule has 1 heterocycles. The van der Waals surface area contributed by atoms with Gasteiger partial charge in [0.1, 0.15) is 12.3 Å². The van der Waals surface area contributed by atoms with E-state index in [-0.39, 0.29) is 18.2 Å². The number of aromatic nitrogens is 2. The highest BCUT2D eigenvalue weighted by Gasteiger charge is 2.09. The van der Waals surface area contributed by atoms with Crippen LogP contribution in [0, 0.1) is 0 Å². The normalized spacial score (nSPS) is 10.9. The summed E-state index contributed by atoms with van der Waals surface area (Å²) in [6.45, 7) is -2.83. The number of nitrogens with one attached hydrogen (secondary N) is 1. The highest BCUT2D eigenvalue weighted by atomic mass is 19.3. The van der Waals surface area contributed by atoms with E-state index in [9.17, 15) is 13.6 Å². The van der Waals surface area contributed by atoms with Crippen molar-refractivity contribution < 1.29 is 18.3 Å². The van der Waals surface area contributed by atoms with E-state index in [0.717, 1.165) is 11.0 Å². The van der Waals surface area contributed by atoms with E-state index in [4.69, 9.17) is 0 Å². The Bertz CT molecular complexity index is 833. The number of para-hydroxylation sites is 2. The first-order valence-electron chi connectivity index (χ1n) is 6.86. The van der Waals surface area contributed by atoms with Crippen LogP contribution in [0.15, 0.2) is 54.9 Å². The SMILES string of the molecule is O=C(Cn1cnc2ccccc21)Nc1cccc(OC(F)F)c1. The Morgan fingerprint density at radius 3 is 2.87 bits per heavy atom. The van der Waals surface area contributed by atoms with Gasteiger partial charge in [0, 0.05) is 11.8 Å². The monoisotopic (exact) mass is 317 g/mol. The summed E-state index contributed by atoms with van der Waals surface area (Å²) >= 11 is 0. The number of alkyl halides is 2. The second-order valence-electron chi connectivity index (χ2n) is 4.82. The van der Waals surface area contributed by atoms with Gasteiger partial charge in [-0.1, -0.05) is 18.2 Å². The molecular weight excluding hydrogens is 304 g/mol. The van der Waals surface area contributed by atoms with Crippen molar-refractivity contribution in [2.45, 2.75) is 13.2 Å². The van der Waals surface area contributed by atoms with Crippen LogP contribution in [0.2, 0.25) is 0 Å². The molecule has 0 spiro atoms. The molecule has 7 heteroatoms. The summed E-state index contributed by atoms with van der Waals surface area (Å²) < 4.78 is 30.4. The lowest BCUT2D eigenvalue weighted by molar-refractivity contribution is -0.116. The number of carbonyl (C=O) groups is 1. The Balaban J connectivity index is 1.70. The van der Waals surface area contributed by atoms with Gasteiger partial charge in [0.25, 0.3) is 0 Å². The molecule has 118 valence electrons. The third kappa shape index (κ3) is 3.63. The zero-order valence-corrected chi connectivity index (χ0v) is 11.9. The predicted octanol–water partition coefficient (Wildman–Crippen LogP) is 3.28. The number of halogens is 2. The second-order valence-corrected chi connectivity index (χ2v) is 4.82. The smallest absolute Gasteiger partial charge is 0.387 e. The van der Waals surface area contributed by atoms with E-state index in [2.05, 4.69) is 15.0 Å². The number of benzene rings is 2. The summed E-state index contributed by atoms with van der Waals surface area (Å²) in [5.74, 6) is -0.298. The molecule has 0 saturated carbocycles. The fourth-order valence-electron chi connectivity index (χ4n) is 2.24. The molecule has 0 saturated heterocycles. The summed E-state index contributed by atoms with van der Waals surface area (Å²) in [5, 5.41) is 2.65. The molecule has 1 N–H and O–H groups in total. The van der Waals surface area contributed by atoms with Crippen molar-refractivity contribution in [2.24, 2.45) is 0 Å². The van der Waals surface area contributed by atoms with Crippen molar-refractivity contribution in [3.63, 3.8) is 0 Å². The van der Waals surface area contributed by atoms with Gasteiger partial charge in [0.15, 0.2) is 0 Å². The van der Waals surface area contributed by atoms with Crippen molar-refractivity contribution in [2.75, 3.05) is 5.32 Å². The summed E-state index contributed by atoms with van der Waals surface area (Å²) in [4.78, 5) is 16.3. The quantitative estimate of drug-likeness (QED) is 0.786. The number of hydrogen-bond acceptors (Lipinski definition) is 3. The number of imidazole rings is 1. The Kier molecular flexibility index (Phi) is 4.18. The van der Waals surface area contributed by atoms with Gasteiger partial charge in [-0.05, 0) is 24.3 Å². The number of hydrogen-bond donors (Lipinski definition) is 1. The van der Waals surface area contributed by atoms with Crippen molar-refractivity contribution in [1.29, 1.82) is 0 Å². The lowest BCUT2D eigenvalue weighted by Gasteiger charge is -2.09. The van der Waals surface area contributed by atoms with E-state index in [0.29, 0.717) is 5.69 Å². The molecule has 1 aromatic heterocycles. The fourth-order valence-corrected chi connectivity index (χ4v) is 2.24. The molecular formula is C16H13F2N3O2. The Morgan fingerprint density at radius 1 is 1.22 bits per heavy atom. The third-order valence-corrected chi connectivity index (χ3v) is 3.18. The van der Waals surface area contributed by atoms with Gasteiger partial charge in [0.05, 0.1) is 17.4 Å². The molecule has 0 bridgehead atoms. The molecule has 3 aromatic rings. The van der Waals surface area contributed by atoms with E-state index >= 15 is 0 Å². The van der Waals surface area contributed by atoms with Crippen molar-refractivity contribution in [1.82, 2.24) is 9.55 Å². The van der Waals surface area contributed by atoms with Crippen LogP contribution in [0.3, 0.4) is 0 Å². The summed E-state index contributed by atoms with van der Waals surface area (Å²) in [5.41, 5.74) is 2.03. The zero-order valence-electron chi connectivity index (χ0n) is 11.9. The molecule has 0 fully saturated rings. The number of amides is 1. The van der Waals surface area contributed by atoms with Gasteiger partial charge < -0.3 is 14.6 Å². The number of ether oxygens (including phenoxy) is 1. The van der Waals surface area contributed by atoms with Crippen LogP contribution in [-0.4, -0.2) is 22.1 Å². The standard InChI is InChI=1S/C16H13F2N3O2/c17-16(18)23-12-5-3-4-11(8-12)20-15(22)9-21-10-19-13-6-1-2-7-14(13)21/h1-8,10,16H,9H2,(H,20,22). The minimum atomic E-state index is -2.90. The summed E-state index contributed by atoms with van der Waals surface area (Å²) in [6, 6.07) is 13.3. The van der Waals surface area contributed by atoms with Gasteiger partial charge in [-0.3, -0.25) is 4.79 Å². The molecule has 0 radical (unpaired) electrons. The topological polar surface area (TPSA) is 56.2 Å². The Morgan fingerprint density at radius 2 is 2.04 bits per heavy atom. The molecule has 5 nitrogen and oxygen atoms in total. The highest BCUT2D eigenvalue weighted by Crippen LogP contribution is 2.19. The van der Waals surface area contributed by atoms with Crippen molar-refractivity contribution >= 4 is 22.6 Å². The lowest BCUT2D eigenvalue weighted by Crippen LogP contribution is -2.18. The molecule has 1 amide bonds. The molecule has 0 aliphatic rings. The molecule has 0 aliphatic carbocycles. The minimum absolute atomic E-state index is 0.00844. The molecule has 0 aliphatic heterocycles. The van der Waals surface area contributed by atoms with E-state index < -0.39 is 6.61 Å². The molecule has 0 atom stereocenters. The zero-order chi connectivity index (χ0) is 16.2. The van der Waals surface area contributed by atoms with Gasteiger partial charge in [-0.25, -0.2) is 4.98 Å². The van der Waals surface area contributed by atoms with Crippen molar-refractivity contribution in [3.05, 3.63) is 54.9 Å². The summed E-state index contributed by atoms with van der Waals surface area (Å²) in [6.07, 6.45) is 1.58. The molecule has 3 rings (SSSR count). The highest BCUT2D eigenvalue weighted by molar-refractivity contribution is 5.91. The number of carbonyl (C=O) groups excluding carboxylic acids is 1. The number of nitrogens with zero attached hydrogens (tertiary/aromatic N) is 2. The third-order valence-electron chi connectivity index (χ3n) is 3.18. The maximum absolute atomic E-state index is 12.2. The van der Waals surface area contributed by atoms with Gasteiger partial charge in [-0.15, -0.1) is 0 Å².